The van der Waals surface area contributed by atoms with Gasteiger partial charge in [-0.15, -0.1) is 0 Å². The third-order valence-corrected chi connectivity index (χ3v) is 3.35. The molecule has 1 aliphatic rings. The summed E-state index contributed by atoms with van der Waals surface area (Å²) in [6.07, 6.45) is -0.537. The molecule has 0 aliphatic carbocycles. The Hall–Kier alpha value is -2.42. The van der Waals surface area contributed by atoms with Crippen LogP contribution in [0.1, 0.15) is 32.1 Å². The van der Waals surface area contributed by atoms with Crippen LogP contribution in [0, 0.1) is 6.92 Å². The van der Waals surface area contributed by atoms with Crippen molar-refractivity contribution in [2.45, 2.75) is 45.6 Å². The summed E-state index contributed by atoms with van der Waals surface area (Å²) in [6, 6.07) is 0. The number of nitrogens with one attached hydrogen (secondary N) is 1. The molecule has 2 heterocycles. The van der Waals surface area contributed by atoms with Gasteiger partial charge in [-0.3, -0.25) is 23.9 Å². The van der Waals surface area contributed by atoms with Crippen molar-refractivity contribution in [1.29, 1.82) is 0 Å². The molecule has 3 unspecified atom stereocenters. The van der Waals surface area contributed by atoms with Crippen LogP contribution in [0.3, 0.4) is 0 Å². The predicted molar refractivity (Wildman–Crippen MR) is 76.8 cm³/mol. The SMILES string of the molecule is CC(=O)OCC1CC(OC(C)=O)C(n2cc(C)c(=O)[nH]c2=O)O1. The summed E-state index contributed by atoms with van der Waals surface area (Å²) >= 11 is 0. The van der Waals surface area contributed by atoms with E-state index in [2.05, 4.69) is 4.98 Å². The van der Waals surface area contributed by atoms with Gasteiger partial charge in [-0.05, 0) is 6.92 Å². The number of aryl methyl sites for hydroxylation is 1. The Morgan fingerprint density at radius 1 is 1.35 bits per heavy atom. The van der Waals surface area contributed by atoms with Crippen molar-refractivity contribution in [2.24, 2.45) is 0 Å². The average Bonchev–Trinajstić information content (AvgIpc) is 2.82. The lowest BCUT2D eigenvalue weighted by Gasteiger charge is -2.20. The maximum absolute atomic E-state index is 12.0. The number of esters is 2. The fourth-order valence-electron chi connectivity index (χ4n) is 2.37. The van der Waals surface area contributed by atoms with Crippen LogP contribution in [0.5, 0.6) is 0 Å². The van der Waals surface area contributed by atoms with Crippen molar-refractivity contribution in [2.75, 3.05) is 6.61 Å². The van der Waals surface area contributed by atoms with Gasteiger partial charge in [0.15, 0.2) is 6.23 Å². The van der Waals surface area contributed by atoms with Gasteiger partial charge in [0.1, 0.15) is 12.7 Å². The van der Waals surface area contributed by atoms with Crippen LogP contribution in [0.2, 0.25) is 0 Å². The Kier molecular flexibility index (Phi) is 4.99. The molecule has 0 bridgehead atoms. The summed E-state index contributed by atoms with van der Waals surface area (Å²) in [5.74, 6) is -0.982. The van der Waals surface area contributed by atoms with Crippen LogP contribution in [-0.2, 0) is 23.8 Å². The molecular weight excluding hydrogens is 308 g/mol. The largest absolute Gasteiger partial charge is 0.463 e. The van der Waals surface area contributed by atoms with Crippen molar-refractivity contribution in [3.8, 4) is 0 Å². The third kappa shape index (κ3) is 4.07. The molecule has 2 rings (SSSR count). The van der Waals surface area contributed by atoms with Gasteiger partial charge in [-0.25, -0.2) is 4.79 Å². The molecule has 23 heavy (non-hydrogen) atoms. The van der Waals surface area contributed by atoms with E-state index in [0.717, 1.165) is 4.57 Å². The molecule has 9 nitrogen and oxygen atoms in total. The number of hydrogen-bond acceptors (Lipinski definition) is 7. The molecular formula is C14H18N2O7. The van der Waals surface area contributed by atoms with Crippen molar-refractivity contribution in [1.82, 2.24) is 9.55 Å². The standard InChI is InChI=1S/C14H18N2O7/c1-7-5-16(14(20)15-12(7)19)13-11(22-9(3)18)4-10(23-13)6-21-8(2)17/h5,10-11,13H,4,6H2,1-3H3,(H,15,19,20). The third-order valence-electron chi connectivity index (χ3n) is 3.35. The number of ether oxygens (including phenoxy) is 3. The van der Waals surface area contributed by atoms with Crippen molar-refractivity contribution < 1.29 is 23.8 Å². The van der Waals surface area contributed by atoms with Crippen LogP contribution in [0.15, 0.2) is 15.8 Å². The van der Waals surface area contributed by atoms with E-state index in [1.54, 1.807) is 6.92 Å². The number of nitrogens with zero attached hydrogens (tertiary/aromatic N) is 1. The minimum absolute atomic E-state index is 0.0132. The molecule has 0 spiro atoms. The summed E-state index contributed by atoms with van der Waals surface area (Å²) < 4.78 is 16.9. The highest BCUT2D eigenvalue weighted by molar-refractivity contribution is 5.66. The summed E-state index contributed by atoms with van der Waals surface area (Å²) in [7, 11) is 0. The first kappa shape index (κ1) is 16.9. The minimum Gasteiger partial charge on any atom is -0.463 e. The van der Waals surface area contributed by atoms with E-state index in [1.807, 2.05) is 0 Å². The minimum atomic E-state index is -0.900. The zero-order chi connectivity index (χ0) is 17.1. The molecule has 0 radical (unpaired) electrons. The smallest absolute Gasteiger partial charge is 0.330 e. The van der Waals surface area contributed by atoms with Crippen LogP contribution in [0.4, 0.5) is 0 Å². The van der Waals surface area contributed by atoms with E-state index in [4.69, 9.17) is 14.2 Å². The quantitative estimate of drug-likeness (QED) is 0.750. The van der Waals surface area contributed by atoms with Crippen molar-refractivity contribution >= 4 is 11.9 Å². The van der Waals surface area contributed by atoms with Gasteiger partial charge in [0.2, 0.25) is 0 Å². The number of rotatable bonds is 4. The molecule has 0 amide bonds. The average molecular weight is 326 g/mol. The van der Waals surface area contributed by atoms with Crippen LogP contribution in [-0.4, -0.2) is 40.3 Å². The van der Waals surface area contributed by atoms with Gasteiger partial charge in [0.25, 0.3) is 5.56 Å². The number of H-pyrrole nitrogens is 1. The lowest BCUT2D eigenvalue weighted by atomic mass is 10.2. The summed E-state index contributed by atoms with van der Waals surface area (Å²) in [5.41, 5.74) is -0.848. The zero-order valence-electron chi connectivity index (χ0n) is 13.0. The van der Waals surface area contributed by atoms with E-state index in [-0.39, 0.29) is 13.0 Å². The highest BCUT2D eigenvalue weighted by Crippen LogP contribution is 2.30. The molecule has 1 aromatic heterocycles. The second-order valence-electron chi connectivity index (χ2n) is 5.31. The predicted octanol–water partition coefficient (Wildman–Crippen LogP) is -0.373. The lowest BCUT2D eigenvalue weighted by molar-refractivity contribution is -0.153. The molecule has 1 N–H and O–H groups in total. The molecule has 126 valence electrons. The van der Waals surface area contributed by atoms with Gasteiger partial charge in [0, 0.05) is 32.0 Å². The van der Waals surface area contributed by atoms with E-state index in [9.17, 15) is 19.2 Å². The number of aromatic amines is 1. The molecule has 9 heteroatoms. The Bertz CT molecular complexity index is 721. The second kappa shape index (κ2) is 6.78. The molecule has 0 saturated carbocycles. The first-order valence-electron chi connectivity index (χ1n) is 7.06. The van der Waals surface area contributed by atoms with Crippen LogP contribution < -0.4 is 11.2 Å². The van der Waals surface area contributed by atoms with Gasteiger partial charge < -0.3 is 14.2 Å². The van der Waals surface area contributed by atoms with Gasteiger partial charge >= 0.3 is 17.6 Å². The fraction of sp³-hybridized carbons (Fsp3) is 0.571. The van der Waals surface area contributed by atoms with Gasteiger partial charge in [-0.1, -0.05) is 0 Å². The lowest BCUT2D eigenvalue weighted by Crippen LogP contribution is -2.37. The van der Waals surface area contributed by atoms with Crippen LogP contribution in [0.25, 0.3) is 0 Å². The van der Waals surface area contributed by atoms with E-state index in [0.29, 0.717) is 5.56 Å². The zero-order valence-corrected chi connectivity index (χ0v) is 13.0. The van der Waals surface area contributed by atoms with Gasteiger partial charge in [-0.2, -0.15) is 0 Å². The monoisotopic (exact) mass is 326 g/mol. The molecule has 0 aromatic carbocycles. The Labute approximate surface area is 131 Å². The highest BCUT2D eigenvalue weighted by Gasteiger charge is 2.40. The Morgan fingerprint density at radius 2 is 2.04 bits per heavy atom. The topological polar surface area (TPSA) is 117 Å². The fourth-order valence-corrected chi connectivity index (χ4v) is 2.37. The molecule has 1 aromatic rings. The summed E-state index contributed by atoms with van der Waals surface area (Å²) in [4.78, 5) is 47.7. The number of carbonyl (C=O) groups excluding carboxylic acids is 2. The Balaban J connectivity index is 2.27. The van der Waals surface area contributed by atoms with E-state index >= 15 is 0 Å². The summed E-state index contributed by atoms with van der Waals surface area (Å²) in [6.45, 7) is 4.05. The van der Waals surface area contributed by atoms with Crippen LogP contribution >= 0.6 is 0 Å². The van der Waals surface area contributed by atoms with Crippen molar-refractivity contribution in [3.05, 3.63) is 32.6 Å². The van der Waals surface area contributed by atoms with E-state index in [1.165, 1.54) is 20.0 Å². The summed E-state index contributed by atoms with van der Waals surface area (Å²) in [5, 5.41) is 0. The maximum atomic E-state index is 12.0. The number of aromatic nitrogens is 2. The highest BCUT2D eigenvalue weighted by atomic mass is 16.6. The molecule has 1 aliphatic heterocycles. The van der Waals surface area contributed by atoms with E-state index < -0.39 is 41.6 Å². The Morgan fingerprint density at radius 3 is 2.65 bits per heavy atom. The maximum Gasteiger partial charge on any atom is 0.330 e. The first-order valence-corrected chi connectivity index (χ1v) is 7.06. The molecule has 1 saturated heterocycles. The number of hydrogen-bond donors (Lipinski definition) is 1. The molecule has 3 atom stereocenters. The first-order chi connectivity index (χ1) is 10.8. The second-order valence-corrected chi connectivity index (χ2v) is 5.31. The van der Waals surface area contributed by atoms with Gasteiger partial charge in [0.05, 0.1) is 6.10 Å². The number of carbonyl (C=O) groups is 2. The normalized spacial score (nSPS) is 23.5. The molecule has 1 fully saturated rings. The van der Waals surface area contributed by atoms with Crippen molar-refractivity contribution in [3.63, 3.8) is 0 Å².